The van der Waals surface area contributed by atoms with Crippen molar-refractivity contribution in [1.82, 2.24) is 25.5 Å². The van der Waals surface area contributed by atoms with E-state index in [0.717, 1.165) is 30.0 Å². The molecule has 0 spiro atoms. The molecule has 34 heavy (non-hydrogen) atoms. The van der Waals surface area contributed by atoms with Gasteiger partial charge in [0, 0.05) is 48.9 Å². The van der Waals surface area contributed by atoms with Crippen LogP contribution in [0.15, 0.2) is 54.6 Å². The molecule has 2 amide bonds. The SMILES string of the molecule is CC(CC(=O)Nc1cccc(N2CCCC2)c1)NC(=O)CCCn1nnc(-c2ccccc2)n1. The lowest BCUT2D eigenvalue weighted by molar-refractivity contribution is -0.122. The number of hydrogen-bond donors (Lipinski definition) is 2. The fourth-order valence-corrected chi connectivity index (χ4v) is 4.07. The molecule has 0 aliphatic carbocycles. The zero-order chi connectivity index (χ0) is 23.8. The number of anilines is 2. The largest absolute Gasteiger partial charge is 0.371 e. The third-order valence-corrected chi connectivity index (χ3v) is 5.75. The summed E-state index contributed by atoms with van der Waals surface area (Å²) < 4.78 is 0. The molecule has 1 aliphatic rings. The highest BCUT2D eigenvalue weighted by molar-refractivity contribution is 5.92. The van der Waals surface area contributed by atoms with E-state index in [4.69, 9.17) is 0 Å². The van der Waals surface area contributed by atoms with Gasteiger partial charge in [0.15, 0.2) is 0 Å². The van der Waals surface area contributed by atoms with Gasteiger partial charge in [-0.25, -0.2) is 0 Å². The van der Waals surface area contributed by atoms with Crippen molar-refractivity contribution in [3.8, 4) is 11.4 Å². The predicted octanol–water partition coefficient (Wildman–Crippen LogP) is 3.25. The number of aryl methyl sites for hydroxylation is 1. The van der Waals surface area contributed by atoms with Gasteiger partial charge in [-0.1, -0.05) is 36.4 Å². The van der Waals surface area contributed by atoms with Crippen molar-refractivity contribution < 1.29 is 9.59 Å². The van der Waals surface area contributed by atoms with Gasteiger partial charge in [0.2, 0.25) is 17.6 Å². The van der Waals surface area contributed by atoms with Crippen LogP contribution in [0, 0.1) is 0 Å². The van der Waals surface area contributed by atoms with Crippen LogP contribution in [0.5, 0.6) is 0 Å². The quantitative estimate of drug-likeness (QED) is 0.480. The van der Waals surface area contributed by atoms with E-state index >= 15 is 0 Å². The van der Waals surface area contributed by atoms with Crippen LogP contribution in [0.2, 0.25) is 0 Å². The number of amides is 2. The molecular weight excluding hydrogens is 430 g/mol. The van der Waals surface area contributed by atoms with Gasteiger partial charge in [-0.05, 0) is 49.6 Å². The van der Waals surface area contributed by atoms with Gasteiger partial charge >= 0.3 is 0 Å². The van der Waals surface area contributed by atoms with Gasteiger partial charge in [0.1, 0.15) is 0 Å². The standard InChI is InChI=1S/C25H31N7O2/c1-19(17-24(34)27-21-11-7-12-22(18-21)31-14-5-6-15-31)26-23(33)13-8-16-32-29-25(28-30-32)20-9-3-2-4-10-20/h2-4,7,9-12,18-19H,5-6,8,13-17H2,1H3,(H,26,33)(H,27,34). The Morgan fingerprint density at radius 1 is 1.03 bits per heavy atom. The third kappa shape index (κ3) is 6.63. The molecule has 1 saturated heterocycles. The summed E-state index contributed by atoms with van der Waals surface area (Å²) in [7, 11) is 0. The lowest BCUT2D eigenvalue weighted by Gasteiger charge is -2.19. The molecule has 1 fully saturated rings. The molecule has 0 saturated carbocycles. The van der Waals surface area contributed by atoms with Crippen molar-refractivity contribution in [2.24, 2.45) is 0 Å². The zero-order valence-electron chi connectivity index (χ0n) is 19.5. The Hall–Kier alpha value is -3.75. The smallest absolute Gasteiger partial charge is 0.226 e. The number of carbonyl (C=O) groups excluding carboxylic acids is 2. The molecular formula is C25H31N7O2. The molecule has 3 aromatic rings. The maximum absolute atomic E-state index is 12.5. The Morgan fingerprint density at radius 2 is 1.82 bits per heavy atom. The summed E-state index contributed by atoms with van der Waals surface area (Å²) in [6.45, 7) is 4.45. The first-order valence-electron chi connectivity index (χ1n) is 11.8. The molecule has 0 bridgehead atoms. The molecule has 2 aromatic carbocycles. The van der Waals surface area contributed by atoms with E-state index in [1.165, 1.54) is 17.6 Å². The average molecular weight is 462 g/mol. The number of hydrogen-bond acceptors (Lipinski definition) is 6. The topological polar surface area (TPSA) is 105 Å². The Bertz CT molecular complexity index is 1090. The van der Waals surface area contributed by atoms with Gasteiger partial charge in [0.05, 0.1) is 6.54 Å². The van der Waals surface area contributed by atoms with E-state index in [-0.39, 0.29) is 24.3 Å². The summed E-state index contributed by atoms with van der Waals surface area (Å²) >= 11 is 0. The van der Waals surface area contributed by atoms with Crippen LogP contribution in [-0.2, 0) is 16.1 Å². The van der Waals surface area contributed by atoms with Gasteiger partial charge in [-0.15, -0.1) is 10.2 Å². The zero-order valence-corrected chi connectivity index (χ0v) is 19.5. The molecule has 1 aliphatic heterocycles. The Morgan fingerprint density at radius 3 is 2.62 bits per heavy atom. The second-order valence-electron chi connectivity index (χ2n) is 8.64. The first kappa shape index (κ1) is 23.4. The number of nitrogens with one attached hydrogen (secondary N) is 2. The van der Waals surface area contributed by atoms with Crippen LogP contribution in [0.25, 0.3) is 11.4 Å². The lowest BCUT2D eigenvalue weighted by atomic mass is 10.2. The van der Waals surface area contributed by atoms with Crippen LogP contribution >= 0.6 is 0 Å². The highest BCUT2D eigenvalue weighted by atomic mass is 16.2. The summed E-state index contributed by atoms with van der Waals surface area (Å²) in [5.41, 5.74) is 2.82. The van der Waals surface area contributed by atoms with Crippen molar-refractivity contribution in [2.45, 2.75) is 51.6 Å². The third-order valence-electron chi connectivity index (χ3n) is 5.75. The van der Waals surface area contributed by atoms with Gasteiger partial charge in [0.25, 0.3) is 0 Å². The molecule has 9 nitrogen and oxygen atoms in total. The molecule has 2 N–H and O–H groups in total. The van der Waals surface area contributed by atoms with E-state index in [2.05, 4.69) is 37.0 Å². The van der Waals surface area contributed by atoms with Crippen LogP contribution in [0.1, 0.15) is 39.0 Å². The van der Waals surface area contributed by atoms with Crippen LogP contribution < -0.4 is 15.5 Å². The molecule has 1 atom stereocenters. The fourth-order valence-electron chi connectivity index (χ4n) is 4.07. The van der Waals surface area contributed by atoms with Gasteiger partial charge in [-0.2, -0.15) is 4.80 Å². The van der Waals surface area contributed by atoms with E-state index in [9.17, 15) is 9.59 Å². The summed E-state index contributed by atoms with van der Waals surface area (Å²) in [6.07, 6.45) is 3.53. The highest BCUT2D eigenvalue weighted by Crippen LogP contribution is 2.23. The van der Waals surface area contributed by atoms with E-state index in [1.807, 2.05) is 55.5 Å². The van der Waals surface area contributed by atoms with Crippen molar-refractivity contribution >= 4 is 23.2 Å². The average Bonchev–Trinajstić information content (AvgIpc) is 3.52. The molecule has 1 aromatic heterocycles. The Kier molecular flexibility index (Phi) is 7.85. The van der Waals surface area contributed by atoms with Gasteiger partial charge in [-0.3, -0.25) is 9.59 Å². The van der Waals surface area contributed by atoms with E-state index in [1.54, 1.807) is 0 Å². The first-order valence-corrected chi connectivity index (χ1v) is 11.8. The molecule has 0 radical (unpaired) electrons. The highest BCUT2D eigenvalue weighted by Gasteiger charge is 2.15. The maximum Gasteiger partial charge on any atom is 0.226 e. The van der Waals surface area contributed by atoms with Crippen molar-refractivity contribution in [3.05, 3.63) is 54.6 Å². The fraction of sp³-hybridized carbons (Fsp3) is 0.400. The normalized spacial score (nSPS) is 14.1. The first-order chi connectivity index (χ1) is 16.6. The summed E-state index contributed by atoms with van der Waals surface area (Å²) in [5, 5.41) is 18.3. The Balaban J connectivity index is 1.16. The van der Waals surface area contributed by atoms with E-state index < -0.39 is 0 Å². The minimum Gasteiger partial charge on any atom is -0.371 e. The Labute approximate surface area is 199 Å². The van der Waals surface area contributed by atoms with E-state index in [0.29, 0.717) is 25.2 Å². The number of tetrazole rings is 1. The molecule has 1 unspecified atom stereocenters. The predicted molar refractivity (Wildman–Crippen MR) is 131 cm³/mol. The molecule has 2 heterocycles. The summed E-state index contributed by atoms with van der Waals surface area (Å²) in [5.74, 6) is 0.349. The number of aromatic nitrogens is 4. The molecule has 4 rings (SSSR count). The number of benzene rings is 2. The second-order valence-corrected chi connectivity index (χ2v) is 8.64. The van der Waals surface area contributed by atoms with Crippen LogP contribution in [0.3, 0.4) is 0 Å². The summed E-state index contributed by atoms with van der Waals surface area (Å²) in [4.78, 5) is 28.6. The van der Waals surface area contributed by atoms with Crippen LogP contribution in [-0.4, -0.2) is 51.2 Å². The maximum atomic E-state index is 12.5. The second kappa shape index (κ2) is 11.4. The minimum absolute atomic E-state index is 0.0975. The monoisotopic (exact) mass is 461 g/mol. The lowest BCUT2D eigenvalue weighted by Crippen LogP contribution is -2.35. The van der Waals surface area contributed by atoms with Crippen LogP contribution in [0.4, 0.5) is 11.4 Å². The van der Waals surface area contributed by atoms with Gasteiger partial charge < -0.3 is 15.5 Å². The van der Waals surface area contributed by atoms with Crippen molar-refractivity contribution in [2.75, 3.05) is 23.3 Å². The number of rotatable bonds is 10. The summed E-state index contributed by atoms with van der Waals surface area (Å²) in [6, 6.07) is 17.3. The minimum atomic E-state index is -0.261. The van der Waals surface area contributed by atoms with Crippen molar-refractivity contribution in [1.29, 1.82) is 0 Å². The van der Waals surface area contributed by atoms with Crippen molar-refractivity contribution in [3.63, 3.8) is 0 Å². The molecule has 9 heteroatoms. The number of carbonyl (C=O) groups is 2. The number of nitrogens with zero attached hydrogens (tertiary/aromatic N) is 5. The molecule has 178 valence electrons.